The number of hydrogen-bond donors (Lipinski definition) is 0. The quantitative estimate of drug-likeness (QED) is 0.118. The summed E-state index contributed by atoms with van der Waals surface area (Å²) in [4.78, 5) is 0. The molecule has 5 heteroatoms. The lowest BCUT2D eigenvalue weighted by Gasteiger charge is -2.36. The van der Waals surface area contributed by atoms with Crippen molar-refractivity contribution in [3.63, 3.8) is 0 Å². The first-order valence-corrected chi connectivity index (χ1v) is 24.4. The molecule has 65 heavy (non-hydrogen) atoms. The van der Waals surface area contributed by atoms with Crippen LogP contribution in [0.4, 0.5) is 0 Å². The van der Waals surface area contributed by atoms with Crippen molar-refractivity contribution in [3.05, 3.63) is 243 Å². The van der Waals surface area contributed by atoms with Crippen molar-refractivity contribution in [1.82, 2.24) is 4.57 Å². The van der Waals surface area contributed by atoms with E-state index in [1.807, 2.05) is 0 Å². The Labute approximate surface area is 379 Å². The maximum absolute atomic E-state index is 7.06. The Morgan fingerprint density at radius 3 is 1.58 bits per heavy atom. The van der Waals surface area contributed by atoms with Gasteiger partial charge in [0, 0.05) is 32.9 Å². The summed E-state index contributed by atoms with van der Waals surface area (Å²) in [5.41, 5.74) is 12.5. The molecule has 0 saturated heterocycles. The number of benzene rings is 10. The Morgan fingerprint density at radius 2 is 0.923 bits per heavy atom. The van der Waals surface area contributed by atoms with Gasteiger partial charge in [-0.25, -0.2) is 0 Å². The van der Waals surface area contributed by atoms with Gasteiger partial charge >= 0.3 is 6.92 Å². The number of ether oxygens (including phenoxy) is 1. The molecular weight excluding hydrogens is 806 g/mol. The van der Waals surface area contributed by atoms with Crippen LogP contribution in [0.15, 0.2) is 243 Å². The van der Waals surface area contributed by atoms with Crippen LogP contribution in [-0.2, 0) is 0 Å². The SMILES string of the molecule is c1ccc([Si](c2ccccc2)(c2ccccc2)c2ccccc2-c2ccc3c(c2)-c2cccc4c2B(O3)c2ccc(-c3ccc(-n5c6ccccc6c6ccccc65)cc3)cc2O4)cc1. The third-order valence-corrected chi connectivity index (χ3v) is 18.5. The normalized spacial score (nSPS) is 12.5. The first-order chi connectivity index (χ1) is 32.2. The van der Waals surface area contributed by atoms with E-state index >= 15 is 0 Å². The van der Waals surface area contributed by atoms with Gasteiger partial charge in [-0.3, -0.25) is 0 Å². The molecule has 0 unspecified atom stereocenters. The second-order valence-corrected chi connectivity index (χ2v) is 20.9. The lowest BCUT2D eigenvalue weighted by Crippen LogP contribution is -2.75. The number of rotatable bonds is 7. The van der Waals surface area contributed by atoms with Crippen LogP contribution in [-0.4, -0.2) is 19.6 Å². The maximum Gasteiger partial charge on any atom is 0.434 e. The molecular formula is C60H40BNO2Si. The molecule has 0 fully saturated rings. The summed E-state index contributed by atoms with van der Waals surface area (Å²) in [5, 5.41) is 7.91. The number of nitrogens with zero attached hydrogens (tertiary/aromatic N) is 1. The van der Waals surface area contributed by atoms with Gasteiger partial charge in [-0.2, -0.15) is 0 Å². The molecule has 13 rings (SSSR count). The Bertz CT molecular complexity index is 3460. The van der Waals surface area contributed by atoms with Crippen LogP contribution in [0, 0.1) is 0 Å². The summed E-state index contributed by atoms with van der Waals surface area (Å²) in [6, 6.07) is 88.3. The van der Waals surface area contributed by atoms with Gasteiger partial charge in [-0.05, 0) is 97.1 Å². The number of aromatic nitrogens is 1. The molecule has 10 aromatic carbocycles. The molecule has 0 spiro atoms. The first-order valence-electron chi connectivity index (χ1n) is 22.4. The molecule has 0 bridgehead atoms. The van der Waals surface area contributed by atoms with E-state index in [-0.39, 0.29) is 6.92 Å². The Hall–Kier alpha value is -8.12. The second kappa shape index (κ2) is 15.0. The van der Waals surface area contributed by atoms with E-state index in [0.717, 1.165) is 61.7 Å². The zero-order valence-electron chi connectivity index (χ0n) is 35.4. The largest absolute Gasteiger partial charge is 0.551 e. The van der Waals surface area contributed by atoms with E-state index in [4.69, 9.17) is 9.39 Å². The highest BCUT2D eigenvalue weighted by Gasteiger charge is 2.44. The fraction of sp³-hybridized carbons (Fsp3) is 0. The van der Waals surface area contributed by atoms with Crippen LogP contribution >= 0.6 is 0 Å². The average Bonchev–Trinajstić information content (AvgIpc) is 3.72. The number of para-hydroxylation sites is 2. The predicted octanol–water partition coefficient (Wildman–Crippen LogP) is 10.8. The number of fused-ring (bicyclic) bond motifs is 7. The van der Waals surface area contributed by atoms with Gasteiger partial charge in [0.05, 0.1) is 11.0 Å². The smallest absolute Gasteiger partial charge is 0.434 e. The number of hydrogen-bond acceptors (Lipinski definition) is 2. The van der Waals surface area contributed by atoms with Gasteiger partial charge in [0.2, 0.25) is 0 Å². The van der Waals surface area contributed by atoms with E-state index in [0.29, 0.717) is 0 Å². The molecule has 2 aliphatic heterocycles. The highest BCUT2D eigenvalue weighted by atomic mass is 28.3. The fourth-order valence-corrected chi connectivity index (χ4v) is 15.8. The predicted molar refractivity (Wildman–Crippen MR) is 273 cm³/mol. The minimum Gasteiger partial charge on any atom is -0.551 e. The molecule has 0 radical (unpaired) electrons. The lowest BCUT2D eigenvalue weighted by atomic mass is 9.51. The van der Waals surface area contributed by atoms with Crippen LogP contribution in [0.5, 0.6) is 17.2 Å². The van der Waals surface area contributed by atoms with E-state index in [1.165, 1.54) is 48.1 Å². The van der Waals surface area contributed by atoms with Crippen molar-refractivity contribution >= 4 is 68.5 Å². The lowest BCUT2D eigenvalue weighted by molar-refractivity contribution is 0.479. The Morgan fingerprint density at radius 1 is 0.369 bits per heavy atom. The molecule has 0 saturated carbocycles. The van der Waals surface area contributed by atoms with Crippen LogP contribution in [0.3, 0.4) is 0 Å². The van der Waals surface area contributed by atoms with Crippen LogP contribution in [0.25, 0.3) is 60.9 Å². The monoisotopic (exact) mass is 845 g/mol. The van der Waals surface area contributed by atoms with Crippen molar-refractivity contribution < 1.29 is 9.39 Å². The highest BCUT2D eigenvalue weighted by molar-refractivity contribution is 7.20. The van der Waals surface area contributed by atoms with E-state index in [1.54, 1.807) is 0 Å². The molecule has 0 N–H and O–H groups in total. The van der Waals surface area contributed by atoms with Gasteiger partial charge in [0.15, 0.2) is 8.07 Å². The molecule has 3 nitrogen and oxygen atoms in total. The molecule has 0 atom stereocenters. The second-order valence-electron chi connectivity index (χ2n) is 17.1. The van der Waals surface area contributed by atoms with Crippen molar-refractivity contribution in [2.75, 3.05) is 0 Å². The molecule has 0 aliphatic carbocycles. The first kappa shape index (κ1) is 37.4. The summed E-state index contributed by atoms with van der Waals surface area (Å²) < 4.78 is 16.2. The van der Waals surface area contributed by atoms with E-state index in [2.05, 4.69) is 247 Å². The summed E-state index contributed by atoms with van der Waals surface area (Å²) in [6.45, 7) is -0.295. The zero-order valence-corrected chi connectivity index (χ0v) is 36.4. The third kappa shape index (κ3) is 5.83. The van der Waals surface area contributed by atoms with Crippen molar-refractivity contribution in [1.29, 1.82) is 0 Å². The van der Waals surface area contributed by atoms with Gasteiger partial charge in [0.1, 0.15) is 17.2 Å². The third-order valence-electron chi connectivity index (χ3n) is 13.7. The van der Waals surface area contributed by atoms with Crippen molar-refractivity contribution in [3.8, 4) is 56.3 Å². The maximum atomic E-state index is 7.06. The Balaban J connectivity index is 0.878. The van der Waals surface area contributed by atoms with Gasteiger partial charge in [-0.15, -0.1) is 0 Å². The van der Waals surface area contributed by atoms with Crippen LogP contribution in [0.2, 0.25) is 0 Å². The topological polar surface area (TPSA) is 23.4 Å². The van der Waals surface area contributed by atoms with E-state index < -0.39 is 8.07 Å². The Kier molecular flexibility index (Phi) is 8.65. The molecule has 3 heterocycles. The van der Waals surface area contributed by atoms with Gasteiger partial charge in [0.25, 0.3) is 0 Å². The minimum absolute atomic E-state index is 0.295. The highest BCUT2D eigenvalue weighted by Crippen LogP contribution is 2.42. The van der Waals surface area contributed by atoms with E-state index in [9.17, 15) is 0 Å². The molecule has 304 valence electrons. The standard InChI is InChI=1S/C60H40BNO2Si/c1-4-17-45(18-5-1)65(46-19-6-2-7-20-46,47-21-8-3-9-22-47)59-30-15-12-23-48(59)43-34-38-56-52(39-43)51-26-16-29-57-60(51)61(64-56)53-37-33-42(40-58(53)63-57)41-31-35-44(36-32-41)62-54-27-13-10-24-49(54)50-25-11-14-28-55(50)62/h1-40H. The summed E-state index contributed by atoms with van der Waals surface area (Å²) >= 11 is 0. The molecule has 0 amide bonds. The van der Waals surface area contributed by atoms with Crippen LogP contribution < -0.4 is 41.1 Å². The van der Waals surface area contributed by atoms with Crippen molar-refractivity contribution in [2.45, 2.75) is 0 Å². The molecule has 2 aliphatic rings. The van der Waals surface area contributed by atoms with Crippen LogP contribution in [0.1, 0.15) is 0 Å². The average molecular weight is 846 g/mol. The molecule has 1 aromatic heterocycles. The summed E-state index contributed by atoms with van der Waals surface area (Å²) in [6.07, 6.45) is 0. The van der Waals surface area contributed by atoms with Gasteiger partial charge < -0.3 is 14.0 Å². The molecule has 11 aromatic rings. The van der Waals surface area contributed by atoms with Gasteiger partial charge in [-0.1, -0.05) is 194 Å². The summed E-state index contributed by atoms with van der Waals surface area (Å²) in [7, 11) is -2.81. The fourth-order valence-electron chi connectivity index (χ4n) is 10.8. The summed E-state index contributed by atoms with van der Waals surface area (Å²) in [5.74, 6) is 2.52. The minimum atomic E-state index is -2.81. The van der Waals surface area contributed by atoms with Crippen molar-refractivity contribution in [2.24, 2.45) is 0 Å². The zero-order chi connectivity index (χ0) is 42.9.